The van der Waals surface area contributed by atoms with Crippen molar-refractivity contribution in [1.82, 2.24) is 10.3 Å². The summed E-state index contributed by atoms with van der Waals surface area (Å²) in [6.45, 7) is 2.67. The van der Waals surface area contributed by atoms with E-state index < -0.39 is 0 Å². The summed E-state index contributed by atoms with van der Waals surface area (Å²) in [5, 5.41) is 0. The van der Waals surface area contributed by atoms with Gasteiger partial charge in [0.25, 0.3) is 0 Å². The summed E-state index contributed by atoms with van der Waals surface area (Å²) in [5.41, 5.74) is 4.70. The molecule has 0 saturated carbocycles. The van der Waals surface area contributed by atoms with Gasteiger partial charge in [0, 0.05) is 6.54 Å². The molecule has 0 saturated heterocycles. The summed E-state index contributed by atoms with van der Waals surface area (Å²) in [6, 6.07) is 4.79. The molecule has 0 radical (unpaired) electrons. The van der Waals surface area contributed by atoms with E-state index in [1.807, 2.05) is 25.9 Å². The van der Waals surface area contributed by atoms with E-state index >= 15 is 0 Å². The first-order valence-corrected chi connectivity index (χ1v) is 4.91. The highest BCUT2D eigenvalue weighted by atomic mass is 19.1. The van der Waals surface area contributed by atoms with Crippen molar-refractivity contribution in [3.63, 3.8) is 0 Å². The van der Waals surface area contributed by atoms with Crippen LogP contribution in [0.4, 0.5) is 4.39 Å². The molecule has 1 atom stereocenters. The van der Waals surface area contributed by atoms with Crippen LogP contribution in [0.25, 0.3) is 0 Å². The maximum Gasteiger partial charge on any atom is 0.123 e. The van der Waals surface area contributed by atoms with Crippen molar-refractivity contribution in [2.24, 2.45) is 5.84 Å². The number of nitrogens with two attached hydrogens (primary N) is 1. The minimum Gasteiger partial charge on any atom is -0.307 e. The minimum atomic E-state index is -0.211. The fourth-order valence-electron chi connectivity index (χ4n) is 1.64. The molecule has 0 aliphatic carbocycles. The van der Waals surface area contributed by atoms with E-state index in [1.165, 1.54) is 12.1 Å². The van der Waals surface area contributed by atoms with Crippen LogP contribution in [-0.2, 0) is 0 Å². The Morgan fingerprint density at radius 2 is 2.13 bits per heavy atom. The summed E-state index contributed by atoms with van der Waals surface area (Å²) >= 11 is 0. The Morgan fingerprint density at radius 1 is 1.47 bits per heavy atom. The minimum absolute atomic E-state index is 0.0283. The molecule has 84 valence electrons. The van der Waals surface area contributed by atoms with Gasteiger partial charge in [-0.25, -0.2) is 4.39 Å². The zero-order valence-electron chi connectivity index (χ0n) is 9.42. The maximum atomic E-state index is 12.9. The molecule has 0 heterocycles. The lowest BCUT2D eigenvalue weighted by atomic mass is 10.0. The van der Waals surface area contributed by atoms with Gasteiger partial charge in [0.1, 0.15) is 5.82 Å². The van der Waals surface area contributed by atoms with Crippen LogP contribution in [0.5, 0.6) is 0 Å². The van der Waals surface area contributed by atoms with Crippen molar-refractivity contribution in [3.05, 3.63) is 35.1 Å². The van der Waals surface area contributed by atoms with Crippen molar-refractivity contribution >= 4 is 0 Å². The molecule has 4 heteroatoms. The quantitative estimate of drug-likeness (QED) is 0.581. The van der Waals surface area contributed by atoms with Crippen LogP contribution in [0.15, 0.2) is 18.2 Å². The van der Waals surface area contributed by atoms with E-state index in [4.69, 9.17) is 5.84 Å². The summed E-state index contributed by atoms with van der Waals surface area (Å²) in [6.07, 6.45) is 0. The fraction of sp³-hybridized carbons (Fsp3) is 0.455. The Morgan fingerprint density at radius 3 is 2.60 bits per heavy atom. The number of benzene rings is 1. The second kappa shape index (κ2) is 5.21. The van der Waals surface area contributed by atoms with Gasteiger partial charge in [-0.2, -0.15) is 0 Å². The van der Waals surface area contributed by atoms with Crippen LogP contribution in [0.1, 0.15) is 17.2 Å². The van der Waals surface area contributed by atoms with Gasteiger partial charge in [0.05, 0.1) is 6.04 Å². The highest BCUT2D eigenvalue weighted by molar-refractivity contribution is 5.29. The molecule has 15 heavy (non-hydrogen) atoms. The van der Waals surface area contributed by atoms with Crippen LogP contribution in [0, 0.1) is 12.7 Å². The monoisotopic (exact) mass is 211 g/mol. The average molecular weight is 211 g/mol. The first-order chi connectivity index (χ1) is 7.04. The summed E-state index contributed by atoms with van der Waals surface area (Å²) in [5.74, 6) is 5.28. The number of aryl methyl sites for hydroxylation is 1. The van der Waals surface area contributed by atoms with Crippen LogP contribution in [0.3, 0.4) is 0 Å². The van der Waals surface area contributed by atoms with E-state index in [1.54, 1.807) is 6.07 Å². The largest absolute Gasteiger partial charge is 0.307 e. The molecule has 3 N–H and O–H groups in total. The third-order valence-electron chi connectivity index (χ3n) is 2.36. The Kier molecular flexibility index (Phi) is 4.20. The molecule has 1 aromatic rings. The molecule has 1 rings (SSSR count). The normalized spacial score (nSPS) is 13.2. The number of nitrogens with zero attached hydrogens (tertiary/aromatic N) is 1. The highest BCUT2D eigenvalue weighted by Gasteiger charge is 2.13. The van der Waals surface area contributed by atoms with E-state index in [9.17, 15) is 4.39 Å². The van der Waals surface area contributed by atoms with Gasteiger partial charge < -0.3 is 4.90 Å². The third kappa shape index (κ3) is 3.27. The number of hydrazine groups is 1. The van der Waals surface area contributed by atoms with Gasteiger partial charge in [0.15, 0.2) is 0 Å². The number of hydrogen-bond acceptors (Lipinski definition) is 3. The number of nitrogens with one attached hydrogen (secondary N) is 1. The Labute approximate surface area is 90.0 Å². The molecule has 0 aliphatic heterocycles. The smallest absolute Gasteiger partial charge is 0.123 e. The Hall–Kier alpha value is -0.970. The molecule has 0 aromatic heterocycles. The van der Waals surface area contributed by atoms with Gasteiger partial charge in [0.2, 0.25) is 0 Å². The number of rotatable bonds is 4. The molecule has 1 unspecified atom stereocenters. The second-order valence-electron chi connectivity index (χ2n) is 3.98. The van der Waals surface area contributed by atoms with Crippen LogP contribution in [0.2, 0.25) is 0 Å². The van der Waals surface area contributed by atoms with Crippen molar-refractivity contribution < 1.29 is 4.39 Å². The van der Waals surface area contributed by atoms with E-state index in [0.717, 1.165) is 17.7 Å². The summed E-state index contributed by atoms with van der Waals surface area (Å²) in [7, 11) is 3.95. The highest BCUT2D eigenvalue weighted by Crippen LogP contribution is 2.18. The van der Waals surface area contributed by atoms with Gasteiger partial charge >= 0.3 is 0 Å². The van der Waals surface area contributed by atoms with E-state index in [0.29, 0.717) is 0 Å². The third-order valence-corrected chi connectivity index (χ3v) is 2.36. The number of halogens is 1. The zero-order chi connectivity index (χ0) is 11.4. The van der Waals surface area contributed by atoms with Gasteiger partial charge in [-0.1, -0.05) is 6.07 Å². The molecule has 1 aromatic carbocycles. The molecule has 0 spiro atoms. The SMILES string of the molecule is Cc1cc(F)ccc1C(CN(C)C)NN. The molecule has 0 aliphatic rings. The zero-order valence-corrected chi connectivity index (χ0v) is 9.42. The predicted octanol–water partition coefficient (Wildman–Crippen LogP) is 1.20. The molecule has 0 amide bonds. The lowest BCUT2D eigenvalue weighted by Crippen LogP contribution is -2.35. The lowest BCUT2D eigenvalue weighted by Gasteiger charge is -2.22. The topological polar surface area (TPSA) is 41.3 Å². The van der Waals surface area contributed by atoms with E-state index in [-0.39, 0.29) is 11.9 Å². The Bertz CT molecular complexity index is 326. The van der Waals surface area contributed by atoms with Crippen LogP contribution >= 0.6 is 0 Å². The van der Waals surface area contributed by atoms with Crippen molar-refractivity contribution in [2.45, 2.75) is 13.0 Å². The average Bonchev–Trinajstić information content (AvgIpc) is 2.14. The summed E-state index contributed by atoms with van der Waals surface area (Å²) < 4.78 is 12.9. The van der Waals surface area contributed by atoms with Crippen molar-refractivity contribution in [2.75, 3.05) is 20.6 Å². The van der Waals surface area contributed by atoms with Gasteiger partial charge in [-0.05, 0) is 44.3 Å². The number of hydrogen-bond donors (Lipinski definition) is 2. The van der Waals surface area contributed by atoms with Gasteiger partial charge in [-0.15, -0.1) is 0 Å². The maximum absolute atomic E-state index is 12.9. The first-order valence-electron chi connectivity index (χ1n) is 4.91. The Balaban J connectivity index is 2.91. The summed E-state index contributed by atoms with van der Waals surface area (Å²) in [4.78, 5) is 2.04. The van der Waals surface area contributed by atoms with Crippen LogP contribution in [-0.4, -0.2) is 25.5 Å². The van der Waals surface area contributed by atoms with Gasteiger partial charge in [-0.3, -0.25) is 11.3 Å². The number of likely N-dealkylation sites (N-methyl/N-ethyl adjacent to an activating group) is 1. The second-order valence-corrected chi connectivity index (χ2v) is 3.98. The van der Waals surface area contributed by atoms with E-state index in [2.05, 4.69) is 5.43 Å². The van der Waals surface area contributed by atoms with Crippen molar-refractivity contribution in [3.8, 4) is 0 Å². The molecule has 0 bridgehead atoms. The van der Waals surface area contributed by atoms with Crippen LogP contribution < -0.4 is 11.3 Å². The molecule has 3 nitrogen and oxygen atoms in total. The molecular weight excluding hydrogens is 193 g/mol. The molecular formula is C11H18FN3. The standard InChI is InChI=1S/C11H18FN3/c1-8-6-9(12)4-5-10(8)11(14-13)7-15(2)3/h4-6,11,14H,7,13H2,1-3H3. The first kappa shape index (κ1) is 12.1. The predicted molar refractivity (Wildman–Crippen MR) is 59.8 cm³/mol. The van der Waals surface area contributed by atoms with Crippen molar-refractivity contribution in [1.29, 1.82) is 0 Å². The molecule has 0 fully saturated rings. The fourth-order valence-corrected chi connectivity index (χ4v) is 1.64. The lowest BCUT2D eigenvalue weighted by molar-refractivity contribution is 0.343.